The number of hydrogen-bond acceptors (Lipinski definition) is 18. The van der Waals surface area contributed by atoms with Gasteiger partial charge in [-0.15, -0.1) is 0 Å². The van der Waals surface area contributed by atoms with E-state index in [-0.39, 0.29) is 64.3 Å². The van der Waals surface area contributed by atoms with Gasteiger partial charge in [0.2, 0.25) is 0 Å². The molecule has 0 atom stereocenters. The van der Waals surface area contributed by atoms with Gasteiger partial charge in [-0.25, -0.2) is 53.3 Å². The van der Waals surface area contributed by atoms with Crippen LogP contribution in [0, 0.1) is 28.5 Å². The van der Waals surface area contributed by atoms with Crippen LogP contribution in [0.3, 0.4) is 0 Å². The molecule has 10 heterocycles. The number of H-pyrrole nitrogens is 1. The number of benzene rings is 5. The first-order valence-electron chi connectivity index (χ1n) is 32.7. The molecule has 0 aliphatic rings. The van der Waals surface area contributed by atoms with Crippen LogP contribution >= 0.6 is 0 Å². The molecule has 5 aromatic carbocycles. The number of halogens is 1. The topological polar surface area (TPSA) is 337 Å². The largest absolute Gasteiger partial charge is 1.00 e. The van der Waals surface area contributed by atoms with Crippen LogP contribution in [0.25, 0.3) is 77.9 Å². The SMILES string of the molecule is CCOC(=O)c1ccc(-n2cc(C#N)c3cccnc32)cc1.CCOC(=O)c1ccc(-n2cc(C=O)c3cccnc32)cc1.CCOC(=O)c1ccc(-n2ccc3cccnc32)cc1.CCOC(=O)c1ccc(F)cc1.N#Cc1cn(-c2ccc(C(=O)O)cc2)c2ncccc12.[Na+].[OH-].c1cnc2[nH]ccc2c1. The van der Waals surface area contributed by atoms with Crippen LogP contribution < -0.4 is 29.6 Å². The van der Waals surface area contributed by atoms with Crippen molar-refractivity contribution in [3.8, 4) is 34.9 Å². The zero-order chi connectivity index (χ0) is 74.2. The van der Waals surface area contributed by atoms with Crippen molar-refractivity contribution in [2.45, 2.75) is 27.7 Å². The summed E-state index contributed by atoms with van der Waals surface area (Å²) in [5, 5.41) is 31.9. The molecule has 24 nitrogen and oxygen atoms in total. The Morgan fingerprint density at radius 3 is 1.18 bits per heavy atom. The number of carbonyl (C=O) groups is 6. The maximum Gasteiger partial charge on any atom is 1.00 e. The van der Waals surface area contributed by atoms with Gasteiger partial charge in [-0.05, 0) is 222 Å². The Morgan fingerprint density at radius 2 is 0.785 bits per heavy atom. The molecule has 0 unspecified atom stereocenters. The quantitative estimate of drug-likeness (QED) is 0.0442. The van der Waals surface area contributed by atoms with Gasteiger partial charge in [-0.1, -0.05) is 0 Å². The van der Waals surface area contributed by atoms with E-state index in [0.717, 1.165) is 67.3 Å². The van der Waals surface area contributed by atoms with Crippen molar-refractivity contribution in [1.82, 2.24) is 48.2 Å². The number of nitrogens with zero attached hydrogens (tertiary/aromatic N) is 11. The van der Waals surface area contributed by atoms with E-state index in [2.05, 4.69) is 42.0 Å². The molecule has 3 N–H and O–H groups in total. The van der Waals surface area contributed by atoms with E-state index in [1.54, 1.807) is 161 Å². The van der Waals surface area contributed by atoms with Crippen molar-refractivity contribution in [2.75, 3.05) is 26.4 Å². The third-order valence-electron chi connectivity index (χ3n) is 15.6. The molecule has 0 saturated carbocycles. The molecule has 26 heteroatoms. The Labute approximate surface area is 633 Å². The smallest absolute Gasteiger partial charge is 0.870 e. The third-order valence-corrected chi connectivity index (χ3v) is 15.6. The second-order valence-electron chi connectivity index (χ2n) is 22.1. The van der Waals surface area contributed by atoms with Crippen molar-refractivity contribution in [1.29, 1.82) is 10.5 Å². The molecule has 0 aliphatic heterocycles. The first-order valence-corrected chi connectivity index (χ1v) is 32.7. The van der Waals surface area contributed by atoms with Gasteiger partial charge < -0.3 is 43.6 Å². The minimum atomic E-state index is -0.968. The summed E-state index contributed by atoms with van der Waals surface area (Å²) in [5.41, 5.74) is 11.1. The van der Waals surface area contributed by atoms with E-state index in [1.165, 1.54) is 36.4 Å². The first kappa shape index (κ1) is 79.1. The second kappa shape index (κ2) is 38.6. The number of rotatable bonds is 14. The maximum absolute atomic E-state index is 12.4. The predicted molar refractivity (Wildman–Crippen MR) is 394 cm³/mol. The summed E-state index contributed by atoms with van der Waals surface area (Å²) in [5.74, 6) is -2.74. The molecule has 530 valence electrons. The number of fused-ring (bicyclic) bond motifs is 5. The molecule has 107 heavy (non-hydrogen) atoms. The number of aldehydes is 1. The molecule has 0 aliphatic carbocycles. The molecule has 0 spiro atoms. The van der Waals surface area contributed by atoms with Crippen LogP contribution in [0.4, 0.5) is 4.39 Å². The number of carboxylic acid groups (broad SMARTS) is 1. The number of esters is 4. The van der Waals surface area contributed by atoms with E-state index in [0.29, 0.717) is 82.3 Å². The van der Waals surface area contributed by atoms with Gasteiger partial charge in [0.25, 0.3) is 0 Å². The van der Waals surface area contributed by atoms with Gasteiger partial charge in [0.1, 0.15) is 46.2 Å². The number of carbonyl (C=O) groups excluding carboxylic acids is 5. The molecule has 10 aromatic heterocycles. The molecule has 0 fully saturated rings. The number of ether oxygens (including phenoxy) is 4. The van der Waals surface area contributed by atoms with Gasteiger partial charge >= 0.3 is 59.4 Å². The van der Waals surface area contributed by atoms with Gasteiger partial charge in [0.15, 0.2) is 6.29 Å². The van der Waals surface area contributed by atoms with Gasteiger partial charge in [-0.2, -0.15) is 10.5 Å². The summed E-state index contributed by atoms with van der Waals surface area (Å²) in [6, 6.07) is 60.2. The fourth-order valence-electron chi connectivity index (χ4n) is 10.6. The Morgan fingerprint density at radius 1 is 0.439 bits per heavy atom. The monoisotopic (exact) mass is 1440 g/mol. The minimum Gasteiger partial charge on any atom is -0.870 e. The van der Waals surface area contributed by atoms with Crippen molar-refractivity contribution in [3.05, 3.63) is 306 Å². The second-order valence-corrected chi connectivity index (χ2v) is 22.1. The fraction of sp³-hybridized carbons (Fsp3) is 0.0988. The Balaban J connectivity index is 0.000000165. The van der Waals surface area contributed by atoms with E-state index in [4.69, 9.17) is 29.3 Å². The number of nitriles is 2. The van der Waals surface area contributed by atoms with Gasteiger partial charge in [-0.3, -0.25) is 13.9 Å². The molecule has 0 bridgehead atoms. The van der Waals surface area contributed by atoms with Crippen LogP contribution in [-0.2, 0) is 18.9 Å². The van der Waals surface area contributed by atoms with Crippen molar-refractivity contribution >= 4 is 91.3 Å². The molecule has 15 aromatic rings. The number of pyridine rings is 5. The average molecular weight is 1440 g/mol. The Kier molecular flexibility index (Phi) is 28.6. The average Bonchev–Trinajstić information content (AvgIpc) is 1.64. The predicted octanol–water partition coefficient (Wildman–Crippen LogP) is 12.3. The standard InChI is InChI=1S/C17H13N3O2.C17H14N2O3.C16H14N2O2.C15H9N3O2.C9H9FO2.C7H6N2.Na.H2O/c1-2-22-17(21)12-5-7-14(8-6-12)20-11-13(10-18)15-4-3-9-19-16(15)20;1-2-22-17(21)12-5-7-14(8-6-12)19-10-13(11-20)15-4-3-9-18-16(15)19;1-2-20-16(19)13-5-7-14(8-6-13)18-11-9-12-4-3-10-17-15(12)18;16-8-11-9-18(14-13(11)2-1-7-17-14)12-5-3-10(4-6-12)15(19)20;1-2-12-9(11)7-3-5-8(10)6-4-7;1-2-6-3-5-9-7(6)8-4-1;;/h3-9,11H,2H2,1H3;3-11H,2H2,1H3;3-11H,2H2,1H3;1-7,9H,(H,19,20);3-6H,2H2,1H3;1-5H,(H,8,9);;1H2/q;;;;;;+1;/p-1. The molecule has 0 radical (unpaired) electrons. The van der Waals surface area contributed by atoms with E-state index >= 15 is 0 Å². The summed E-state index contributed by atoms with van der Waals surface area (Å²) < 4.78 is 39.4. The summed E-state index contributed by atoms with van der Waals surface area (Å²) in [6.07, 6.45) is 18.4. The third kappa shape index (κ3) is 19.6. The normalized spacial score (nSPS) is 10.2. The fourth-order valence-corrected chi connectivity index (χ4v) is 10.6. The molecule has 0 saturated heterocycles. The maximum atomic E-state index is 12.4. The van der Waals surface area contributed by atoms with Crippen molar-refractivity contribution < 1.29 is 92.2 Å². The van der Waals surface area contributed by atoms with Crippen LogP contribution in [0.15, 0.2) is 256 Å². The van der Waals surface area contributed by atoms with E-state index in [1.807, 2.05) is 105 Å². The summed E-state index contributed by atoms with van der Waals surface area (Å²) in [7, 11) is 0. The number of aromatic nitrogens is 10. The minimum absolute atomic E-state index is 0. The van der Waals surface area contributed by atoms with Crippen LogP contribution in [0.2, 0.25) is 0 Å². The van der Waals surface area contributed by atoms with Crippen molar-refractivity contribution in [2.24, 2.45) is 0 Å². The van der Waals surface area contributed by atoms with Crippen LogP contribution in [0.1, 0.15) is 101 Å². The number of nitrogens with one attached hydrogen (secondary N) is 1. The Bertz CT molecular complexity index is 5600. The van der Waals surface area contributed by atoms with Crippen LogP contribution in [0.5, 0.6) is 0 Å². The molecule has 15 rings (SSSR count). The number of aromatic carboxylic acids is 1. The zero-order valence-electron chi connectivity index (χ0n) is 58.4. The molecular weight excluding hydrogens is 1370 g/mol. The summed E-state index contributed by atoms with van der Waals surface area (Å²) >= 11 is 0. The molecule has 0 amide bonds. The van der Waals surface area contributed by atoms with E-state index in [9.17, 15) is 38.4 Å². The molecular formula is C81H66FN12NaO12. The summed E-state index contributed by atoms with van der Waals surface area (Å²) in [4.78, 5) is 92.4. The van der Waals surface area contributed by atoms with Gasteiger partial charge in [0.05, 0.1) is 65.4 Å². The van der Waals surface area contributed by atoms with Crippen molar-refractivity contribution in [3.63, 3.8) is 0 Å². The zero-order valence-corrected chi connectivity index (χ0v) is 60.4. The first-order chi connectivity index (χ1) is 51.2. The van der Waals surface area contributed by atoms with E-state index < -0.39 is 11.9 Å². The number of carboxylic acids is 1. The van der Waals surface area contributed by atoms with Crippen LogP contribution in [-0.4, -0.2) is 121 Å². The Hall–Kier alpha value is -13.6. The number of aromatic amines is 1. The van der Waals surface area contributed by atoms with Gasteiger partial charge in [0, 0.05) is 117 Å². The number of hydrogen-bond donors (Lipinski definition) is 2. The summed E-state index contributed by atoms with van der Waals surface area (Å²) in [6.45, 7) is 8.46.